The Hall–Kier alpha value is -2.21. The number of hydrogen-bond donors (Lipinski definition) is 2. The van der Waals surface area contributed by atoms with Crippen LogP contribution in [0.3, 0.4) is 0 Å². The first-order valence-corrected chi connectivity index (χ1v) is 8.74. The summed E-state index contributed by atoms with van der Waals surface area (Å²) in [5.41, 5.74) is 3.19. The van der Waals surface area contributed by atoms with E-state index in [1.807, 2.05) is 42.2 Å². The van der Waals surface area contributed by atoms with Crippen molar-refractivity contribution in [1.82, 2.24) is 4.90 Å². The fourth-order valence-electron chi connectivity index (χ4n) is 3.13. The number of carbonyl (C=O) groups is 1. The van der Waals surface area contributed by atoms with Gasteiger partial charge in [-0.2, -0.15) is 0 Å². The van der Waals surface area contributed by atoms with Gasteiger partial charge in [0.15, 0.2) is 0 Å². The molecular weight excluding hydrogens is 330 g/mol. The molecule has 0 radical (unpaired) electrons. The minimum atomic E-state index is -0.723. The highest BCUT2D eigenvalue weighted by atomic mass is 16.5. The Labute approximate surface area is 154 Å². The number of benzene rings is 2. The van der Waals surface area contributed by atoms with E-state index >= 15 is 0 Å². The van der Waals surface area contributed by atoms with Gasteiger partial charge in [0, 0.05) is 19.1 Å². The van der Waals surface area contributed by atoms with Gasteiger partial charge in [0.05, 0.1) is 25.4 Å². The van der Waals surface area contributed by atoms with Gasteiger partial charge in [0.1, 0.15) is 0 Å². The molecule has 26 heavy (non-hydrogen) atoms. The van der Waals surface area contributed by atoms with Gasteiger partial charge in [-0.05, 0) is 42.7 Å². The molecule has 0 spiro atoms. The normalized spacial score (nSPS) is 13.5. The van der Waals surface area contributed by atoms with E-state index in [9.17, 15) is 15.0 Å². The molecule has 0 aliphatic rings. The summed E-state index contributed by atoms with van der Waals surface area (Å²) in [4.78, 5) is 13.7. The maximum absolute atomic E-state index is 11.6. The molecule has 140 valence electrons. The number of esters is 1. The number of aliphatic hydroxyl groups is 2. The van der Waals surface area contributed by atoms with E-state index in [4.69, 9.17) is 4.74 Å². The minimum absolute atomic E-state index is 0.0180. The maximum atomic E-state index is 11.6. The van der Waals surface area contributed by atoms with Gasteiger partial charge in [0.2, 0.25) is 0 Å². The van der Waals surface area contributed by atoms with Crippen LogP contribution in [0.2, 0.25) is 0 Å². The number of nitrogens with zero attached hydrogens (tertiary/aromatic N) is 1. The summed E-state index contributed by atoms with van der Waals surface area (Å²) in [7, 11) is 1.35. The summed E-state index contributed by atoms with van der Waals surface area (Å²) < 4.78 is 4.73. The van der Waals surface area contributed by atoms with Crippen molar-refractivity contribution in [2.45, 2.75) is 26.0 Å². The zero-order valence-electron chi connectivity index (χ0n) is 15.6. The average molecular weight is 357 g/mol. The molecule has 5 heteroatoms. The number of hydrogen-bond acceptors (Lipinski definition) is 5. The van der Waals surface area contributed by atoms with Crippen LogP contribution in [0.4, 0.5) is 0 Å². The van der Waals surface area contributed by atoms with Crippen LogP contribution in [0.1, 0.15) is 46.1 Å². The summed E-state index contributed by atoms with van der Waals surface area (Å²) in [6.45, 7) is 4.79. The second-order valence-electron chi connectivity index (χ2n) is 6.38. The fraction of sp³-hybridized carbons (Fsp3) is 0.381. The van der Waals surface area contributed by atoms with Crippen LogP contribution >= 0.6 is 0 Å². The van der Waals surface area contributed by atoms with E-state index in [0.29, 0.717) is 18.7 Å². The molecule has 0 amide bonds. The van der Waals surface area contributed by atoms with E-state index in [1.54, 1.807) is 18.2 Å². The number of aryl methyl sites for hydroxylation is 1. The van der Waals surface area contributed by atoms with Crippen LogP contribution in [0.15, 0.2) is 48.5 Å². The molecule has 0 heterocycles. The Balaban J connectivity index is 2.17. The summed E-state index contributed by atoms with van der Waals surface area (Å²) in [5.74, 6) is -0.395. The second-order valence-corrected chi connectivity index (χ2v) is 6.38. The third kappa shape index (κ3) is 4.91. The van der Waals surface area contributed by atoms with Crippen LogP contribution < -0.4 is 0 Å². The largest absolute Gasteiger partial charge is 0.465 e. The van der Waals surface area contributed by atoms with Crippen molar-refractivity contribution in [2.75, 3.05) is 26.8 Å². The predicted molar refractivity (Wildman–Crippen MR) is 101 cm³/mol. The Bertz CT molecular complexity index is 717. The third-order valence-electron chi connectivity index (χ3n) is 4.67. The average Bonchev–Trinajstić information content (AvgIpc) is 2.66. The Morgan fingerprint density at radius 1 is 1.19 bits per heavy atom. The van der Waals surface area contributed by atoms with Gasteiger partial charge in [-0.3, -0.25) is 4.90 Å². The zero-order chi connectivity index (χ0) is 19.1. The molecule has 0 saturated heterocycles. The maximum Gasteiger partial charge on any atom is 0.337 e. The molecule has 1 unspecified atom stereocenters. The molecule has 0 saturated carbocycles. The number of carbonyl (C=O) groups excluding carboxylic acids is 1. The smallest absolute Gasteiger partial charge is 0.337 e. The molecule has 2 aromatic rings. The lowest BCUT2D eigenvalue weighted by molar-refractivity contribution is 0.0599. The number of ether oxygens (including phenoxy) is 1. The van der Waals surface area contributed by atoms with Crippen molar-refractivity contribution in [3.8, 4) is 0 Å². The molecule has 0 aromatic heterocycles. The van der Waals surface area contributed by atoms with Crippen LogP contribution in [0, 0.1) is 6.92 Å². The van der Waals surface area contributed by atoms with E-state index in [-0.39, 0.29) is 12.6 Å². The number of rotatable bonds is 8. The molecule has 0 aliphatic carbocycles. The lowest BCUT2D eigenvalue weighted by Gasteiger charge is -2.31. The topological polar surface area (TPSA) is 70.0 Å². The Kier molecular flexibility index (Phi) is 7.33. The molecule has 2 N–H and O–H groups in total. The zero-order valence-corrected chi connectivity index (χ0v) is 15.6. The molecule has 0 bridgehead atoms. The Morgan fingerprint density at radius 3 is 2.46 bits per heavy atom. The van der Waals surface area contributed by atoms with Gasteiger partial charge >= 0.3 is 5.97 Å². The molecule has 2 aromatic carbocycles. The molecule has 2 atom stereocenters. The van der Waals surface area contributed by atoms with E-state index in [2.05, 4.69) is 6.92 Å². The standard InChI is InChI=1S/C21H27NO4/c1-15-13-18(21(25)26-3)9-10-19(15)20(24)14-22(11-12-23)16(2)17-7-5-4-6-8-17/h4-10,13,16,20,23-24H,11-12,14H2,1-3H3/t16-,20?/m1/s1. The molecule has 0 aliphatic heterocycles. The molecule has 0 fully saturated rings. The highest BCUT2D eigenvalue weighted by Crippen LogP contribution is 2.25. The summed E-state index contributed by atoms with van der Waals surface area (Å²) in [5, 5.41) is 20.2. The van der Waals surface area contributed by atoms with Gasteiger partial charge in [-0.1, -0.05) is 36.4 Å². The highest BCUT2D eigenvalue weighted by Gasteiger charge is 2.21. The predicted octanol–water partition coefficient (Wildman–Crippen LogP) is 2.87. The van der Waals surface area contributed by atoms with Crippen LogP contribution in [-0.2, 0) is 4.74 Å². The first-order chi connectivity index (χ1) is 12.5. The van der Waals surface area contributed by atoms with E-state index in [0.717, 1.165) is 16.7 Å². The second kappa shape index (κ2) is 9.48. The van der Waals surface area contributed by atoms with Gasteiger partial charge in [-0.25, -0.2) is 4.79 Å². The van der Waals surface area contributed by atoms with Crippen molar-refractivity contribution in [2.24, 2.45) is 0 Å². The quantitative estimate of drug-likeness (QED) is 0.711. The van der Waals surface area contributed by atoms with Gasteiger partial charge in [0.25, 0.3) is 0 Å². The molecule has 2 rings (SSSR count). The van der Waals surface area contributed by atoms with Crippen molar-refractivity contribution in [3.63, 3.8) is 0 Å². The Morgan fingerprint density at radius 2 is 1.88 bits per heavy atom. The van der Waals surface area contributed by atoms with Crippen LogP contribution in [0.5, 0.6) is 0 Å². The monoisotopic (exact) mass is 357 g/mol. The fourth-order valence-corrected chi connectivity index (χ4v) is 3.13. The van der Waals surface area contributed by atoms with Crippen molar-refractivity contribution in [3.05, 3.63) is 70.8 Å². The summed E-state index contributed by atoms with van der Waals surface area (Å²) in [6.07, 6.45) is -0.723. The van der Waals surface area contributed by atoms with E-state index < -0.39 is 12.1 Å². The lowest BCUT2D eigenvalue weighted by atomic mass is 9.99. The number of methoxy groups -OCH3 is 1. The third-order valence-corrected chi connectivity index (χ3v) is 4.67. The highest BCUT2D eigenvalue weighted by molar-refractivity contribution is 5.89. The first-order valence-electron chi connectivity index (χ1n) is 8.74. The SMILES string of the molecule is COC(=O)c1ccc(C(O)CN(CCO)[C@H](C)c2ccccc2)c(C)c1. The van der Waals surface area contributed by atoms with Gasteiger partial charge < -0.3 is 14.9 Å². The van der Waals surface area contributed by atoms with Gasteiger partial charge in [-0.15, -0.1) is 0 Å². The van der Waals surface area contributed by atoms with E-state index in [1.165, 1.54) is 7.11 Å². The summed E-state index contributed by atoms with van der Waals surface area (Å²) in [6, 6.07) is 15.2. The van der Waals surface area contributed by atoms with Crippen LogP contribution in [-0.4, -0.2) is 47.9 Å². The molecule has 5 nitrogen and oxygen atoms in total. The molecular formula is C21H27NO4. The van der Waals surface area contributed by atoms with Crippen molar-refractivity contribution >= 4 is 5.97 Å². The number of aliphatic hydroxyl groups excluding tert-OH is 2. The first kappa shape index (κ1) is 20.1. The summed E-state index contributed by atoms with van der Waals surface area (Å²) >= 11 is 0. The van der Waals surface area contributed by atoms with Crippen molar-refractivity contribution < 1.29 is 19.7 Å². The lowest BCUT2D eigenvalue weighted by Crippen LogP contribution is -2.34. The van der Waals surface area contributed by atoms with Crippen molar-refractivity contribution in [1.29, 1.82) is 0 Å². The van der Waals surface area contributed by atoms with Crippen LogP contribution in [0.25, 0.3) is 0 Å². The minimum Gasteiger partial charge on any atom is -0.465 e.